The molecule has 106 valence electrons. The van der Waals surface area contributed by atoms with Gasteiger partial charge in [-0.05, 0) is 53.3 Å². The second-order valence-corrected chi connectivity index (χ2v) is 5.76. The van der Waals surface area contributed by atoms with Crippen LogP contribution in [-0.4, -0.2) is 20.2 Å². The lowest BCUT2D eigenvalue weighted by atomic mass is 9.67. The summed E-state index contributed by atoms with van der Waals surface area (Å²) < 4.78 is 1.89. The molecule has 3 rings (SSSR count). The summed E-state index contributed by atoms with van der Waals surface area (Å²) in [5.41, 5.74) is 14.2. The molecular formula is C14H20N6. The van der Waals surface area contributed by atoms with E-state index in [4.69, 9.17) is 11.5 Å². The van der Waals surface area contributed by atoms with Gasteiger partial charge in [0.2, 0.25) is 0 Å². The Bertz CT molecular complexity index is 588. The summed E-state index contributed by atoms with van der Waals surface area (Å²) in [5.74, 6) is 0.740. The Morgan fingerprint density at radius 2 is 1.90 bits per heavy atom. The summed E-state index contributed by atoms with van der Waals surface area (Å²) in [4.78, 5) is 0. The number of nitrogens with zero attached hydrogens (tertiary/aromatic N) is 4. The maximum absolute atomic E-state index is 5.85. The van der Waals surface area contributed by atoms with Crippen molar-refractivity contribution < 1.29 is 0 Å². The Labute approximate surface area is 118 Å². The minimum Gasteiger partial charge on any atom is -0.399 e. The third-order valence-electron chi connectivity index (χ3n) is 4.42. The number of aromatic nitrogens is 4. The fraction of sp³-hybridized carbons (Fsp3) is 0.500. The number of tetrazole rings is 1. The van der Waals surface area contributed by atoms with Crippen LogP contribution in [0.15, 0.2) is 18.2 Å². The van der Waals surface area contributed by atoms with Crippen molar-refractivity contribution in [3.05, 3.63) is 18.2 Å². The van der Waals surface area contributed by atoms with Crippen molar-refractivity contribution >= 4 is 11.4 Å². The molecule has 6 heteroatoms. The third kappa shape index (κ3) is 2.21. The highest BCUT2D eigenvalue weighted by atomic mass is 15.5. The van der Waals surface area contributed by atoms with Crippen LogP contribution < -0.4 is 11.5 Å². The van der Waals surface area contributed by atoms with E-state index in [0.717, 1.165) is 24.4 Å². The fourth-order valence-electron chi connectivity index (χ4n) is 2.94. The van der Waals surface area contributed by atoms with Crippen molar-refractivity contribution in [2.75, 3.05) is 11.5 Å². The average molecular weight is 272 g/mol. The summed E-state index contributed by atoms with van der Waals surface area (Å²) >= 11 is 0. The summed E-state index contributed by atoms with van der Waals surface area (Å²) in [6, 6.07) is 5.45. The molecule has 0 radical (unpaired) electrons. The van der Waals surface area contributed by atoms with Crippen LogP contribution in [0.4, 0.5) is 11.4 Å². The molecule has 1 aromatic heterocycles. The summed E-state index contributed by atoms with van der Waals surface area (Å²) in [5, 5.41) is 12.1. The number of anilines is 2. The van der Waals surface area contributed by atoms with Gasteiger partial charge < -0.3 is 11.5 Å². The summed E-state index contributed by atoms with van der Waals surface area (Å²) in [6.45, 7) is 3.10. The predicted octanol–water partition coefficient (Wildman–Crippen LogP) is 2.08. The minimum absolute atomic E-state index is 0.357. The molecule has 1 aromatic carbocycles. The normalized spacial score (nSPS) is 16.9. The molecule has 0 aliphatic heterocycles. The van der Waals surface area contributed by atoms with Gasteiger partial charge in [-0.25, -0.2) is 4.68 Å². The minimum atomic E-state index is 0.357. The van der Waals surface area contributed by atoms with Crippen LogP contribution in [0.3, 0.4) is 0 Å². The molecule has 0 amide bonds. The van der Waals surface area contributed by atoms with E-state index in [1.54, 1.807) is 6.07 Å². The van der Waals surface area contributed by atoms with Crippen LogP contribution in [0.5, 0.6) is 0 Å². The Hall–Kier alpha value is -2.11. The van der Waals surface area contributed by atoms with Crippen molar-refractivity contribution in [3.8, 4) is 11.4 Å². The quantitative estimate of drug-likeness (QED) is 0.831. The molecule has 6 nitrogen and oxygen atoms in total. The number of rotatable bonds is 4. The van der Waals surface area contributed by atoms with Gasteiger partial charge in [0.1, 0.15) is 0 Å². The highest BCUT2D eigenvalue weighted by Crippen LogP contribution is 2.45. The molecule has 1 saturated carbocycles. The number of nitrogens with two attached hydrogens (primary N) is 2. The van der Waals surface area contributed by atoms with Crippen molar-refractivity contribution in [2.24, 2.45) is 5.41 Å². The second kappa shape index (κ2) is 4.77. The maximum Gasteiger partial charge on any atom is 0.182 e. The largest absolute Gasteiger partial charge is 0.399 e. The van der Waals surface area contributed by atoms with Gasteiger partial charge in [-0.15, -0.1) is 5.10 Å². The van der Waals surface area contributed by atoms with Crippen LogP contribution in [0.2, 0.25) is 0 Å². The molecule has 1 aliphatic carbocycles. The van der Waals surface area contributed by atoms with Gasteiger partial charge in [-0.1, -0.05) is 13.3 Å². The standard InChI is InChI=1S/C14H20N6/c1-2-14(4-3-5-14)9-20-13(17-18-19-20)10-6-11(15)8-12(16)7-10/h6-8H,2-5,9,15-16H2,1H3. The van der Waals surface area contributed by atoms with Crippen LogP contribution in [0, 0.1) is 5.41 Å². The molecule has 0 bridgehead atoms. The van der Waals surface area contributed by atoms with Gasteiger partial charge >= 0.3 is 0 Å². The van der Waals surface area contributed by atoms with Crippen molar-refractivity contribution in [1.82, 2.24) is 20.2 Å². The summed E-state index contributed by atoms with van der Waals surface area (Å²) in [7, 11) is 0. The van der Waals surface area contributed by atoms with Gasteiger partial charge in [0.25, 0.3) is 0 Å². The van der Waals surface area contributed by atoms with Gasteiger partial charge in [-0.3, -0.25) is 0 Å². The molecule has 4 N–H and O–H groups in total. The first-order chi connectivity index (χ1) is 9.62. The lowest BCUT2D eigenvalue weighted by Crippen LogP contribution is -2.34. The van der Waals surface area contributed by atoms with E-state index in [1.807, 2.05) is 16.8 Å². The van der Waals surface area contributed by atoms with Crippen LogP contribution >= 0.6 is 0 Å². The van der Waals surface area contributed by atoms with Crippen LogP contribution in [0.25, 0.3) is 11.4 Å². The fourth-order valence-corrected chi connectivity index (χ4v) is 2.94. The topological polar surface area (TPSA) is 95.6 Å². The number of hydrogen-bond acceptors (Lipinski definition) is 5. The zero-order valence-corrected chi connectivity index (χ0v) is 11.7. The highest BCUT2D eigenvalue weighted by molar-refractivity contribution is 5.67. The first-order valence-electron chi connectivity index (χ1n) is 7.04. The second-order valence-electron chi connectivity index (χ2n) is 5.76. The molecule has 1 fully saturated rings. The monoisotopic (exact) mass is 272 g/mol. The Morgan fingerprint density at radius 1 is 1.20 bits per heavy atom. The molecule has 1 heterocycles. The number of nitrogen functional groups attached to an aromatic ring is 2. The van der Waals surface area contributed by atoms with Crippen LogP contribution in [0.1, 0.15) is 32.6 Å². The van der Waals surface area contributed by atoms with Gasteiger partial charge in [0.05, 0.1) is 6.54 Å². The molecule has 0 saturated heterocycles. The Balaban J connectivity index is 1.93. The van der Waals surface area contributed by atoms with Gasteiger partial charge in [0.15, 0.2) is 5.82 Å². The lowest BCUT2D eigenvalue weighted by molar-refractivity contribution is 0.0948. The first-order valence-corrected chi connectivity index (χ1v) is 7.04. The molecule has 0 spiro atoms. The van der Waals surface area contributed by atoms with E-state index in [1.165, 1.54) is 19.3 Å². The van der Waals surface area contributed by atoms with E-state index < -0.39 is 0 Å². The zero-order valence-electron chi connectivity index (χ0n) is 11.7. The third-order valence-corrected chi connectivity index (χ3v) is 4.42. The van der Waals surface area contributed by atoms with Gasteiger partial charge in [-0.2, -0.15) is 0 Å². The SMILES string of the molecule is CCC1(Cn2nnnc2-c2cc(N)cc(N)c2)CCC1. The molecule has 20 heavy (non-hydrogen) atoms. The molecule has 1 aliphatic rings. The van der Waals surface area contributed by atoms with Crippen molar-refractivity contribution in [2.45, 2.75) is 39.2 Å². The number of benzene rings is 1. The van der Waals surface area contributed by atoms with E-state index in [0.29, 0.717) is 16.8 Å². The maximum atomic E-state index is 5.85. The van der Waals surface area contributed by atoms with E-state index in [-0.39, 0.29) is 0 Å². The predicted molar refractivity (Wildman–Crippen MR) is 78.7 cm³/mol. The molecule has 2 aromatic rings. The van der Waals surface area contributed by atoms with Crippen LogP contribution in [-0.2, 0) is 6.54 Å². The van der Waals surface area contributed by atoms with Crippen molar-refractivity contribution in [1.29, 1.82) is 0 Å². The zero-order chi connectivity index (χ0) is 14.2. The highest BCUT2D eigenvalue weighted by Gasteiger charge is 2.36. The average Bonchev–Trinajstić information content (AvgIpc) is 2.80. The van der Waals surface area contributed by atoms with Crippen molar-refractivity contribution in [3.63, 3.8) is 0 Å². The lowest BCUT2D eigenvalue weighted by Gasteiger charge is -2.41. The van der Waals surface area contributed by atoms with E-state index in [9.17, 15) is 0 Å². The first kappa shape index (κ1) is 12.9. The Morgan fingerprint density at radius 3 is 2.45 bits per heavy atom. The Kier molecular flexibility index (Phi) is 3.08. The molecule has 0 atom stereocenters. The molecule has 0 unspecified atom stereocenters. The summed E-state index contributed by atoms with van der Waals surface area (Å²) in [6.07, 6.45) is 4.96. The smallest absolute Gasteiger partial charge is 0.182 e. The number of hydrogen-bond donors (Lipinski definition) is 2. The molecular weight excluding hydrogens is 252 g/mol. The van der Waals surface area contributed by atoms with E-state index in [2.05, 4.69) is 22.4 Å². The van der Waals surface area contributed by atoms with Gasteiger partial charge in [0, 0.05) is 16.9 Å². The van der Waals surface area contributed by atoms with E-state index >= 15 is 0 Å².